The average Bonchev–Trinajstić information content (AvgIpc) is 3.41. The van der Waals surface area contributed by atoms with Crippen molar-refractivity contribution in [3.8, 4) is 5.69 Å². The smallest absolute Gasteiger partial charge is 0.247 e. The first-order valence-electron chi connectivity index (χ1n) is 12.9. The van der Waals surface area contributed by atoms with Crippen LogP contribution in [0.25, 0.3) is 5.69 Å². The van der Waals surface area contributed by atoms with Crippen LogP contribution in [0.3, 0.4) is 0 Å². The third-order valence-corrected chi connectivity index (χ3v) is 7.19. The normalized spacial score (nSPS) is 18.7. The van der Waals surface area contributed by atoms with Crippen molar-refractivity contribution in [1.82, 2.24) is 35.5 Å². The molecular weight excluding hydrogens is 581 g/mol. The Bertz CT molecular complexity index is 1600. The zero-order valence-electron chi connectivity index (χ0n) is 22.4. The molecule has 1 aromatic carbocycles. The topological polar surface area (TPSA) is 152 Å². The van der Waals surface area contributed by atoms with Gasteiger partial charge in [0.15, 0.2) is 5.15 Å². The molecule has 14 heteroatoms. The summed E-state index contributed by atoms with van der Waals surface area (Å²) in [7, 11) is 1.72. The van der Waals surface area contributed by atoms with E-state index in [1.807, 2.05) is 0 Å². The molecule has 42 heavy (non-hydrogen) atoms. The van der Waals surface area contributed by atoms with Gasteiger partial charge in [-0.2, -0.15) is 0 Å². The maximum Gasteiger partial charge on any atom is 0.247 e. The molecular formula is C28H27Cl2N9O3. The number of aromatic nitrogens is 4. The van der Waals surface area contributed by atoms with E-state index in [9.17, 15) is 14.7 Å². The standard InChI is InChI=1S/C28H27Cl2N9O3/c1-32-13-18-11-20(3-4-21(18)31)34-28(42)24(10-17-6-8-33-9-7-17)38-16-26(40)37(15-27(38)41)23-12-19(29)2-5-22(23)39-14-25(30)35-36-39/h2-9,11-14,24,26,31-32,40H,10,15-16H2,1H3,(H,34,42)/b18-13-,31-21?. The van der Waals surface area contributed by atoms with Gasteiger partial charge in [-0.05, 0) is 54.1 Å². The molecule has 0 saturated carbocycles. The van der Waals surface area contributed by atoms with Gasteiger partial charge in [-0.1, -0.05) is 28.4 Å². The van der Waals surface area contributed by atoms with Crippen LogP contribution in [0.15, 0.2) is 84.6 Å². The molecule has 2 atom stereocenters. The van der Waals surface area contributed by atoms with Crippen LogP contribution in [0.5, 0.6) is 0 Å². The van der Waals surface area contributed by atoms with Crippen LogP contribution in [-0.4, -0.2) is 79.9 Å². The molecule has 3 aromatic rings. The van der Waals surface area contributed by atoms with Gasteiger partial charge in [0, 0.05) is 48.4 Å². The lowest BCUT2D eigenvalue weighted by atomic mass is 10.0. The number of carbonyl (C=O) groups is 2. The minimum Gasteiger partial charge on any atom is -0.393 e. The van der Waals surface area contributed by atoms with Gasteiger partial charge in [0.1, 0.15) is 12.3 Å². The molecule has 2 aromatic heterocycles. The molecule has 0 spiro atoms. The summed E-state index contributed by atoms with van der Waals surface area (Å²) < 4.78 is 1.43. The van der Waals surface area contributed by atoms with Gasteiger partial charge in [0.2, 0.25) is 11.8 Å². The molecule has 0 radical (unpaired) electrons. The number of nitrogens with zero attached hydrogens (tertiary/aromatic N) is 6. The third-order valence-electron chi connectivity index (χ3n) is 6.78. The number of aliphatic hydroxyl groups excluding tert-OH is 1. The maximum atomic E-state index is 13.7. The van der Waals surface area contributed by atoms with Crippen molar-refractivity contribution in [2.75, 3.05) is 25.0 Å². The number of carbonyl (C=O) groups excluding carboxylic acids is 2. The fraction of sp³-hybridized carbons (Fsp3) is 0.214. The largest absolute Gasteiger partial charge is 0.393 e. The number of piperazine rings is 1. The first-order chi connectivity index (χ1) is 20.2. The minimum atomic E-state index is -1.17. The Hall–Kier alpha value is -4.52. The molecule has 3 heterocycles. The van der Waals surface area contributed by atoms with E-state index in [0.29, 0.717) is 33.4 Å². The number of β-amino-alcohol motifs (C(OH)–C–C–N with tert-alkyl or cyclic N) is 1. The Morgan fingerprint density at radius 3 is 2.71 bits per heavy atom. The van der Waals surface area contributed by atoms with E-state index in [1.54, 1.807) is 74.2 Å². The number of rotatable bonds is 8. The second kappa shape index (κ2) is 12.6. The number of amides is 2. The van der Waals surface area contributed by atoms with Gasteiger partial charge in [0.25, 0.3) is 0 Å². The third kappa shape index (κ3) is 6.35. The first-order valence-corrected chi connectivity index (χ1v) is 13.7. The molecule has 1 saturated heterocycles. The zero-order valence-corrected chi connectivity index (χ0v) is 23.9. The molecule has 4 N–H and O–H groups in total. The maximum absolute atomic E-state index is 13.7. The van der Waals surface area contributed by atoms with Crippen LogP contribution < -0.4 is 15.5 Å². The highest BCUT2D eigenvalue weighted by atomic mass is 35.5. The summed E-state index contributed by atoms with van der Waals surface area (Å²) in [4.78, 5) is 34.3. The highest BCUT2D eigenvalue weighted by Gasteiger charge is 2.39. The van der Waals surface area contributed by atoms with E-state index in [1.165, 1.54) is 20.7 Å². The van der Waals surface area contributed by atoms with E-state index < -0.39 is 18.2 Å². The minimum absolute atomic E-state index is 0.156. The van der Waals surface area contributed by atoms with Crippen molar-refractivity contribution >= 4 is 46.4 Å². The van der Waals surface area contributed by atoms with Crippen LogP contribution in [0.4, 0.5) is 5.69 Å². The number of aliphatic hydroxyl groups is 1. The number of anilines is 1. The van der Waals surface area contributed by atoms with Crippen molar-refractivity contribution in [2.45, 2.75) is 18.7 Å². The quantitative estimate of drug-likeness (QED) is 0.304. The van der Waals surface area contributed by atoms with Gasteiger partial charge in [-0.3, -0.25) is 14.6 Å². The van der Waals surface area contributed by atoms with Crippen molar-refractivity contribution in [3.05, 3.63) is 100 Å². The Labute approximate surface area is 251 Å². The summed E-state index contributed by atoms with van der Waals surface area (Å²) in [6.45, 7) is -0.387. The molecule has 1 fully saturated rings. The lowest BCUT2D eigenvalue weighted by molar-refractivity contribution is -0.143. The van der Waals surface area contributed by atoms with Gasteiger partial charge < -0.3 is 30.9 Å². The molecule has 1 aliphatic heterocycles. The zero-order chi connectivity index (χ0) is 29.8. The predicted molar refractivity (Wildman–Crippen MR) is 158 cm³/mol. The summed E-state index contributed by atoms with van der Waals surface area (Å²) >= 11 is 12.3. The molecule has 2 aliphatic rings. The Balaban J connectivity index is 1.42. The fourth-order valence-electron chi connectivity index (χ4n) is 4.77. The Morgan fingerprint density at radius 2 is 2.00 bits per heavy atom. The summed E-state index contributed by atoms with van der Waals surface area (Å²) in [6, 6.07) is 7.56. The lowest BCUT2D eigenvalue weighted by Crippen LogP contribution is -2.62. The van der Waals surface area contributed by atoms with E-state index in [-0.39, 0.29) is 30.6 Å². The number of hydrogen-bond acceptors (Lipinski definition) is 9. The second-order valence-corrected chi connectivity index (χ2v) is 10.4. The molecule has 1 aliphatic carbocycles. The Morgan fingerprint density at radius 1 is 1.21 bits per heavy atom. The fourth-order valence-corrected chi connectivity index (χ4v) is 5.07. The number of halogens is 2. The first kappa shape index (κ1) is 29.0. The lowest BCUT2D eigenvalue weighted by Gasteiger charge is -2.43. The SMILES string of the molecule is CN/C=C1/C=C(NC(=O)C(Cc2ccncc2)N2CC(O)N(c3cc(Cl)ccc3-n3cc(Cl)nn3)CC2=O)C=CC1=N. The summed E-state index contributed by atoms with van der Waals surface area (Å²) in [5, 5.41) is 33.6. The van der Waals surface area contributed by atoms with Gasteiger partial charge in [0.05, 0.1) is 36.4 Å². The number of pyridine rings is 1. The van der Waals surface area contributed by atoms with Crippen molar-refractivity contribution in [3.63, 3.8) is 0 Å². The Kier molecular flexibility index (Phi) is 8.67. The molecule has 216 valence electrons. The molecule has 12 nitrogen and oxygen atoms in total. The van der Waals surface area contributed by atoms with Crippen LogP contribution in [0, 0.1) is 5.41 Å². The number of hydrogen-bond donors (Lipinski definition) is 4. The highest BCUT2D eigenvalue weighted by Crippen LogP contribution is 2.31. The van der Waals surface area contributed by atoms with Crippen LogP contribution in [0.2, 0.25) is 10.2 Å². The monoisotopic (exact) mass is 607 g/mol. The van der Waals surface area contributed by atoms with Gasteiger partial charge in [-0.25, -0.2) is 4.68 Å². The van der Waals surface area contributed by atoms with Gasteiger partial charge in [-0.15, -0.1) is 5.10 Å². The summed E-state index contributed by atoms with van der Waals surface area (Å²) in [6.07, 6.45) is 10.3. The molecule has 5 rings (SSSR count). The number of nitrogens with one attached hydrogen (secondary N) is 3. The van der Waals surface area contributed by atoms with Crippen LogP contribution >= 0.6 is 23.2 Å². The second-order valence-electron chi connectivity index (χ2n) is 9.57. The highest BCUT2D eigenvalue weighted by molar-refractivity contribution is 6.31. The van der Waals surface area contributed by atoms with E-state index in [4.69, 9.17) is 28.6 Å². The van der Waals surface area contributed by atoms with Crippen molar-refractivity contribution in [1.29, 1.82) is 5.41 Å². The van der Waals surface area contributed by atoms with Gasteiger partial charge >= 0.3 is 0 Å². The average molecular weight is 608 g/mol. The molecule has 0 bridgehead atoms. The van der Waals surface area contributed by atoms with E-state index in [2.05, 4.69) is 25.9 Å². The number of benzene rings is 1. The van der Waals surface area contributed by atoms with Crippen molar-refractivity contribution < 1.29 is 14.7 Å². The van der Waals surface area contributed by atoms with Crippen LogP contribution in [0.1, 0.15) is 5.56 Å². The van der Waals surface area contributed by atoms with E-state index >= 15 is 0 Å². The van der Waals surface area contributed by atoms with Crippen LogP contribution in [-0.2, 0) is 16.0 Å². The number of allylic oxidation sites excluding steroid dienone is 4. The summed E-state index contributed by atoms with van der Waals surface area (Å²) in [5.41, 5.74) is 3.10. The molecule has 2 unspecified atom stereocenters. The molecule has 2 amide bonds. The van der Waals surface area contributed by atoms with Crippen molar-refractivity contribution in [2.24, 2.45) is 0 Å². The van der Waals surface area contributed by atoms with E-state index in [0.717, 1.165) is 5.56 Å². The predicted octanol–water partition coefficient (Wildman–Crippen LogP) is 2.24. The summed E-state index contributed by atoms with van der Waals surface area (Å²) in [5.74, 6) is -0.808.